The van der Waals surface area contributed by atoms with Gasteiger partial charge in [-0.2, -0.15) is 5.10 Å². The number of carbonyl (C=O) groups excluding carboxylic acids is 1. The van der Waals surface area contributed by atoms with E-state index < -0.39 is 17.0 Å². The standard InChI is InChI=1S/C23H26ClFN6O3/c1-13-9-16(27-20-19-14(10-18(24)28-20)12-26-29-21(19)32)15(25)11-17(13)30-5-7-31(8-6-30)22(33)34-23(2,3)4/h9-12H,5-8H2,1-4H3,(H,27,28)(H,29,32). The van der Waals surface area contributed by atoms with Crippen molar-refractivity contribution in [2.24, 2.45) is 0 Å². The molecule has 1 aliphatic rings. The van der Waals surface area contributed by atoms with Gasteiger partial charge in [-0.3, -0.25) is 4.79 Å². The number of hydrogen-bond donors (Lipinski definition) is 2. The summed E-state index contributed by atoms with van der Waals surface area (Å²) in [6.45, 7) is 9.42. The third kappa shape index (κ3) is 5.06. The second kappa shape index (κ2) is 9.09. The van der Waals surface area contributed by atoms with Crippen LogP contribution in [-0.4, -0.2) is 58.0 Å². The number of ether oxygens (including phenoxy) is 1. The average Bonchev–Trinajstić information content (AvgIpc) is 2.74. The van der Waals surface area contributed by atoms with Gasteiger partial charge in [0.15, 0.2) is 0 Å². The van der Waals surface area contributed by atoms with Gasteiger partial charge in [-0.1, -0.05) is 11.6 Å². The van der Waals surface area contributed by atoms with Crippen LogP contribution in [0.3, 0.4) is 0 Å². The zero-order valence-corrected chi connectivity index (χ0v) is 20.2. The first-order valence-corrected chi connectivity index (χ1v) is 11.2. The van der Waals surface area contributed by atoms with Crippen molar-refractivity contribution in [3.8, 4) is 0 Å². The highest BCUT2D eigenvalue weighted by atomic mass is 35.5. The number of pyridine rings is 1. The Labute approximate surface area is 200 Å². The summed E-state index contributed by atoms with van der Waals surface area (Å²) in [6, 6.07) is 4.62. The molecule has 1 aliphatic heterocycles. The molecule has 0 unspecified atom stereocenters. The molecule has 0 bridgehead atoms. The molecule has 3 heterocycles. The molecular formula is C23H26ClFN6O3. The Morgan fingerprint density at radius 1 is 1.21 bits per heavy atom. The van der Waals surface area contributed by atoms with Gasteiger partial charge in [0.25, 0.3) is 5.56 Å². The maximum absolute atomic E-state index is 15.1. The number of rotatable bonds is 3. The molecule has 0 atom stereocenters. The number of anilines is 3. The molecule has 2 aromatic heterocycles. The Balaban J connectivity index is 1.54. The molecule has 2 N–H and O–H groups in total. The van der Waals surface area contributed by atoms with Gasteiger partial charge in [-0.05, 0) is 51.5 Å². The first-order valence-electron chi connectivity index (χ1n) is 10.9. The number of carbonyl (C=O) groups is 1. The number of amides is 1. The molecule has 1 amide bonds. The molecular weight excluding hydrogens is 463 g/mol. The van der Waals surface area contributed by atoms with E-state index in [1.54, 1.807) is 11.0 Å². The molecule has 1 saturated heterocycles. The summed E-state index contributed by atoms with van der Waals surface area (Å²) in [7, 11) is 0. The SMILES string of the molecule is Cc1cc(Nc2nc(Cl)cc3cn[nH]c(=O)c23)c(F)cc1N1CCN(C(=O)OC(C)(C)C)CC1. The van der Waals surface area contributed by atoms with Gasteiger partial charge >= 0.3 is 6.09 Å². The number of aromatic amines is 1. The lowest BCUT2D eigenvalue weighted by atomic mass is 10.1. The summed E-state index contributed by atoms with van der Waals surface area (Å²) in [5.74, 6) is -0.362. The first kappa shape index (κ1) is 23.7. The van der Waals surface area contributed by atoms with E-state index in [0.29, 0.717) is 31.6 Å². The van der Waals surface area contributed by atoms with E-state index in [-0.39, 0.29) is 28.1 Å². The van der Waals surface area contributed by atoms with Gasteiger partial charge in [0, 0.05) is 37.3 Å². The van der Waals surface area contributed by atoms with E-state index in [1.165, 1.54) is 18.3 Å². The van der Waals surface area contributed by atoms with E-state index >= 15 is 4.39 Å². The van der Waals surface area contributed by atoms with Crippen LogP contribution in [0.2, 0.25) is 5.15 Å². The fraction of sp³-hybridized carbons (Fsp3) is 0.391. The van der Waals surface area contributed by atoms with Crippen molar-refractivity contribution in [2.75, 3.05) is 36.4 Å². The molecule has 11 heteroatoms. The monoisotopic (exact) mass is 488 g/mol. The number of aryl methyl sites for hydroxylation is 1. The zero-order chi connectivity index (χ0) is 24.6. The molecule has 4 rings (SSSR count). The predicted octanol–water partition coefficient (Wildman–Crippen LogP) is 4.22. The van der Waals surface area contributed by atoms with Gasteiger partial charge in [0.2, 0.25) is 0 Å². The number of hydrogen-bond acceptors (Lipinski definition) is 7. The van der Waals surface area contributed by atoms with E-state index in [9.17, 15) is 9.59 Å². The summed E-state index contributed by atoms with van der Waals surface area (Å²) in [4.78, 5) is 32.5. The molecule has 9 nitrogen and oxygen atoms in total. The number of benzene rings is 1. The van der Waals surface area contributed by atoms with E-state index in [0.717, 1.165) is 11.3 Å². The lowest BCUT2D eigenvalue weighted by Gasteiger charge is -2.37. The van der Waals surface area contributed by atoms with Gasteiger partial charge in [-0.15, -0.1) is 0 Å². The Hall–Kier alpha value is -3.40. The maximum atomic E-state index is 15.1. The summed E-state index contributed by atoms with van der Waals surface area (Å²) in [5, 5.41) is 9.90. The number of fused-ring (bicyclic) bond motifs is 1. The molecule has 0 saturated carbocycles. The highest BCUT2D eigenvalue weighted by molar-refractivity contribution is 6.30. The van der Waals surface area contributed by atoms with E-state index in [4.69, 9.17) is 16.3 Å². The summed E-state index contributed by atoms with van der Waals surface area (Å²) in [5.41, 5.74) is 0.720. The molecule has 34 heavy (non-hydrogen) atoms. The molecule has 180 valence electrons. The van der Waals surface area contributed by atoms with Crippen LogP contribution in [-0.2, 0) is 4.74 Å². The minimum absolute atomic E-state index is 0.142. The van der Waals surface area contributed by atoms with Crippen molar-refractivity contribution >= 4 is 45.7 Å². The fourth-order valence-corrected chi connectivity index (χ4v) is 4.07. The minimum atomic E-state index is -0.554. The van der Waals surface area contributed by atoms with Crippen molar-refractivity contribution in [3.05, 3.63) is 51.3 Å². The Kier molecular flexibility index (Phi) is 6.35. The molecule has 1 fully saturated rings. The van der Waals surface area contributed by atoms with Gasteiger partial charge in [0.1, 0.15) is 22.4 Å². The fourth-order valence-electron chi connectivity index (χ4n) is 3.87. The largest absolute Gasteiger partial charge is 0.444 e. The highest BCUT2D eigenvalue weighted by Gasteiger charge is 2.27. The molecule has 1 aromatic carbocycles. The van der Waals surface area contributed by atoms with Crippen LogP contribution in [0.1, 0.15) is 26.3 Å². The predicted molar refractivity (Wildman–Crippen MR) is 130 cm³/mol. The highest BCUT2D eigenvalue weighted by Crippen LogP contribution is 2.31. The minimum Gasteiger partial charge on any atom is -0.444 e. The smallest absolute Gasteiger partial charge is 0.410 e. The number of nitrogens with one attached hydrogen (secondary N) is 2. The molecule has 0 spiro atoms. The number of piperazine rings is 1. The summed E-state index contributed by atoms with van der Waals surface area (Å²) < 4.78 is 20.6. The number of H-pyrrole nitrogens is 1. The Bertz CT molecular complexity index is 1300. The van der Waals surface area contributed by atoms with Crippen molar-refractivity contribution in [1.29, 1.82) is 0 Å². The lowest BCUT2D eigenvalue weighted by molar-refractivity contribution is 0.0240. The molecule has 3 aromatic rings. The zero-order valence-electron chi connectivity index (χ0n) is 19.4. The quantitative estimate of drug-likeness (QED) is 0.532. The van der Waals surface area contributed by atoms with Crippen LogP contribution in [0.25, 0.3) is 10.8 Å². The van der Waals surface area contributed by atoms with Crippen LogP contribution in [0.5, 0.6) is 0 Å². The van der Waals surface area contributed by atoms with Crippen LogP contribution in [0, 0.1) is 12.7 Å². The third-order valence-corrected chi connectivity index (χ3v) is 5.62. The van der Waals surface area contributed by atoms with Gasteiger partial charge in [-0.25, -0.2) is 19.3 Å². The van der Waals surface area contributed by atoms with Crippen LogP contribution >= 0.6 is 11.6 Å². The van der Waals surface area contributed by atoms with Crippen molar-refractivity contribution < 1.29 is 13.9 Å². The second-order valence-corrected chi connectivity index (χ2v) is 9.54. The average molecular weight is 489 g/mol. The maximum Gasteiger partial charge on any atom is 0.410 e. The Morgan fingerprint density at radius 3 is 2.59 bits per heavy atom. The van der Waals surface area contributed by atoms with Crippen LogP contribution in [0.4, 0.5) is 26.4 Å². The molecule has 0 radical (unpaired) electrons. The van der Waals surface area contributed by atoms with E-state index in [2.05, 4.69) is 20.5 Å². The van der Waals surface area contributed by atoms with Crippen molar-refractivity contribution in [1.82, 2.24) is 20.1 Å². The van der Waals surface area contributed by atoms with Gasteiger partial charge in [0.05, 0.1) is 17.3 Å². The topological polar surface area (TPSA) is 103 Å². The number of aromatic nitrogens is 3. The normalized spacial score (nSPS) is 14.4. The van der Waals surface area contributed by atoms with Crippen molar-refractivity contribution in [3.63, 3.8) is 0 Å². The van der Waals surface area contributed by atoms with Crippen molar-refractivity contribution in [2.45, 2.75) is 33.3 Å². The number of halogens is 2. The summed E-state index contributed by atoms with van der Waals surface area (Å²) in [6.07, 6.45) is 1.11. The van der Waals surface area contributed by atoms with Gasteiger partial charge < -0.3 is 19.9 Å². The second-order valence-electron chi connectivity index (χ2n) is 9.15. The number of nitrogens with zero attached hydrogens (tertiary/aromatic N) is 4. The van der Waals surface area contributed by atoms with Crippen LogP contribution < -0.4 is 15.8 Å². The lowest BCUT2D eigenvalue weighted by Crippen LogP contribution is -2.50. The van der Waals surface area contributed by atoms with E-state index in [1.807, 2.05) is 32.6 Å². The van der Waals surface area contributed by atoms with Crippen LogP contribution in [0.15, 0.2) is 29.2 Å². The third-order valence-electron chi connectivity index (χ3n) is 5.43. The summed E-state index contributed by atoms with van der Waals surface area (Å²) >= 11 is 6.08. The first-order chi connectivity index (χ1) is 16.0. The Morgan fingerprint density at radius 2 is 1.91 bits per heavy atom. The molecule has 0 aliphatic carbocycles.